The van der Waals surface area contributed by atoms with E-state index >= 15 is 0 Å². The molecule has 0 saturated carbocycles. The zero-order valence-corrected chi connectivity index (χ0v) is 17.1. The molecule has 29 heavy (non-hydrogen) atoms. The first kappa shape index (κ1) is 20.7. The number of Topliss-reactive ketones (excluding diaryl/α,β-unsaturated/α-hetero) is 1. The summed E-state index contributed by atoms with van der Waals surface area (Å²) < 4.78 is 10.4. The van der Waals surface area contributed by atoms with Crippen LogP contribution in [0.3, 0.4) is 0 Å². The van der Waals surface area contributed by atoms with Crippen LogP contribution in [0.4, 0.5) is 4.79 Å². The Labute approximate surface area is 173 Å². The van der Waals surface area contributed by atoms with E-state index in [1.807, 2.05) is 0 Å². The number of ether oxygens (including phenoxy) is 2. The minimum Gasteiger partial charge on any atom is -0.497 e. The molecule has 3 amide bonds. The number of ketones is 1. The zero-order chi connectivity index (χ0) is 21.2. The maximum absolute atomic E-state index is 13.2. The molecule has 0 radical (unpaired) electrons. The molecule has 3 rings (SSSR count). The number of rotatable bonds is 7. The van der Waals surface area contributed by atoms with Gasteiger partial charge in [0.15, 0.2) is 5.78 Å². The average molecular weight is 417 g/mol. The molecule has 1 saturated heterocycles. The number of methoxy groups -OCH3 is 2. The normalized spacial score (nSPS) is 18.6. The van der Waals surface area contributed by atoms with Gasteiger partial charge >= 0.3 is 6.03 Å². The lowest BCUT2D eigenvalue weighted by Crippen LogP contribution is -2.43. The Balaban J connectivity index is 1.88. The number of amides is 3. The third-order valence-corrected chi connectivity index (χ3v) is 5.31. The van der Waals surface area contributed by atoms with E-state index in [1.165, 1.54) is 14.2 Å². The van der Waals surface area contributed by atoms with Crippen LogP contribution in [0.25, 0.3) is 0 Å². The summed E-state index contributed by atoms with van der Waals surface area (Å²) in [6.45, 7) is 1.40. The van der Waals surface area contributed by atoms with E-state index in [2.05, 4.69) is 5.32 Å². The van der Waals surface area contributed by atoms with E-state index in [9.17, 15) is 14.4 Å². The van der Waals surface area contributed by atoms with E-state index in [1.54, 1.807) is 49.4 Å². The maximum atomic E-state index is 13.2. The largest absolute Gasteiger partial charge is 0.497 e. The fourth-order valence-corrected chi connectivity index (χ4v) is 3.53. The van der Waals surface area contributed by atoms with Crippen molar-refractivity contribution in [1.29, 1.82) is 0 Å². The molecule has 0 aromatic heterocycles. The predicted molar refractivity (Wildman–Crippen MR) is 108 cm³/mol. The quantitative estimate of drug-likeness (QED) is 0.552. The summed E-state index contributed by atoms with van der Waals surface area (Å²) in [6.07, 6.45) is 0.329. The molecular weight excluding hydrogens is 396 g/mol. The van der Waals surface area contributed by atoms with Crippen molar-refractivity contribution in [1.82, 2.24) is 10.2 Å². The van der Waals surface area contributed by atoms with Gasteiger partial charge in [-0.1, -0.05) is 30.7 Å². The molecule has 1 aliphatic heterocycles. The van der Waals surface area contributed by atoms with Gasteiger partial charge in [-0.2, -0.15) is 0 Å². The Hall–Kier alpha value is -3.06. The van der Waals surface area contributed by atoms with Gasteiger partial charge in [0.1, 0.15) is 17.0 Å². The molecule has 8 heteroatoms. The van der Waals surface area contributed by atoms with Gasteiger partial charge in [-0.15, -0.1) is 0 Å². The average Bonchev–Trinajstić information content (AvgIpc) is 2.98. The summed E-state index contributed by atoms with van der Waals surface area (Å²) in [5.41, 5.74) is -0.361. The van der Waals surface area contributed by atoms with E-state index in [-0.39, 0.29) is 5.56 Å². The highest BCUT2D eigenvalue weighted by atomic mass is 35.5. The molecule has 0 spiro atoms. The van der Waals surface area contributed by atoms with Gasteiger partial charge in [0.25, 0.3) is 5.91 Å². The van der Waals surface area contributed by atoms with Gasteiger partial charge in [-0.05, 0) is 36.2 Å². The number of nitrogens with one attached hydrogen (secondary N) is 1. The number of benzene rings is 2. The lowest BCUT2D eigenvalue weighted by Gasteiger charge is -2.25. The molecule has 2 aromatic rings. The minimum atomic E-state index is -1.23. The van der Waals surface area contributed by atoms with E-state index < -0.39 is 29.8 Å². The Bertz CT molecular complexity index is 960. The Morgan fingerprint density at radius 1 is 1.10 bits per heavy atom. The first-order valence-electron chi connectivity index (χ1n) is 9.01. The maximum Gasteiger partial charge on any atom is 0.325 e. The fraction of sp³-hybridized carbons (Fsp3) is 0.286. The third kappa shape index (κ3) is 3.65. The van der Waals surface area contributed by atoms with E-state index in [4.69, 9.17) is 21.1 Å². The summed E-state index contributed by atoms with van der Waals surface area (Å²) >= 11 is 5.94. The van der Waals surface area contributed by atoms with Gasteiger partial charge in [-0.3, -0.25) is 14.5 Å². The van der Waals surface area contributed by atoms with Crippen molar-refractivity contribution in [2.45, 2.75) is 18.9 Å². The van der Waals surface area contributed by atoms with Crippen LogP contribution in [-0.4, -0.2) is 43.4 Å². The zero-order valence-electron chi connectivity index (χ0n) is 16.3. The van der Waals surface area contributed by atoms with Crippen LogP contribution >= 0.6 is 11.6 Å². The SMILES string of the molecule is CC[C@]1(c2ccc(Cl)cc2)NC(=O)N(CC(=O)c2ccc(OC)cc2OC)C1=O. The van der Waals surface area contributed by atoms with Gasteiger partial charge in [0.05, 0.1) is 26.3 Å². The van der Waals surface area contributed by atoms with Crippen molar-refractivity contribution in [2.24, 2.45) is 0 Å². The number of urea groups is 1. The predicted octanol–water partition coefficient (Wildman–Crippen LogP) is 3.40. The Kier molecular flexibility index (Phi) is 5.79. The topological polar surface area (TPSA) is 84.9 Å². The fourth-order valence-electron chi connectivity index (χ4n) is 3.40. The molecule has 1 heterocycles. The standard InChI is InChI=1S/C21H21ClN2O5/c1-4-21(13-5-7-14(22)8-6-13)19(26)24(20(27)23-21)12-17(25)16-10-9-15(28-2)11-18(16)29-3/h5-11H,4,12H2,1-3H3,(H,23,27)/t21-/m1/s1. The van der Waals surface area contributed by atoms with Crippen LogP contribution in [0.1, 0.15) is 29.3 Å². The number of nitrogens with zero attached hydrogens (tertiary/aromatic N) is 1. The van der Waals surface area contributed by atoms with Crippen LogP contribution < -0.4 is 14.8 Å². The lowest BCUT2D eigenvalue weighted by molar-refractivity contribution is -0.131. The van der Waals surface area contributed by atoms with Crippen molar-refractivity contribution in [3.63, 3.8) is 0 Å². The van der Waals surface area contributed by atoms with E-state index in [0.717, 1.165) is 4.90 Å². The summed E-state index contributed by atoms with van der Waals surface area (Å²) in [7, 11) is 2.94. The van der Waals surface area contributed by atoms with Crippen LogP contribution in [0.5, 0.6) is 11.5 Å². The Morgan fingerprint density at radius 2 is 1.79 bits per heavy atom. The second kappa shape index (κ2) is 8.13. The molecule has 152 valence electrons. The van der Waals surface area contributed by atoms with Crippen LogP contribution in [-0.2, 0) is 10.3 Å². The molecule has 1 N–H and O–H groups in total. The smallest absolute Gasteiger partial charge is 0.325 e. The highest BCUT2D eigenvalue weighted by molar-refractivity contribution is 6.30. The first-order chi connectivity index (χ1) is 13.9. The molecule has 7 nitrogen and oxygen atoms in total. The number of carbonyl (C=O) groups is 3. The molecule has 1 fully saturated rings. The summed E-state index contributed by atoms with van der Waals surface area (Å²) in [5, 5.41) is 3.27. The second-order valence-corrected chi connectivity index (χ2v) is 7.01. The molecule has 0 bridgehead atoms. The first-order valence-corrected chi connectivity index (χ1v) is 9.39. The minimum absolute atomic E-state index is 0.259. The highest BCUT2D eigenvalue weighted by Crippen LogP contribution is 2.33. The number of hydrogen-bond donors (Lipinski definition) is 1. The molecule has 2 aromatic carbocycles. The highest BCUT2D eigenvalue weighted by Gasteiger charge is 2.51. The molecular formula is C21H21ClN2O5. The van der Waals surface area contributed by atoms with Crippen molar-refractivity contribution in [3.8, 4) is 11.5 Å². The van der Waals surface area contributed by atoms with E-state index in [0.29, 0.717) is 28.5 Å². The monoisotopic (exact) mass is 416 g/mol. The lowest BCUT2D eigenvalue weighted by atomic mass is 9.87. The number of hydrogen-bond acceptors (Lipinski definition) is 5. The van der Waals surface area contributed by atoms with Crippen molar-refractivity contribution in [3.05, 3.63) is 58.6 Å². The summed E-state index contributed by atoms with van der Waals surface area (Å²) in [4.78, 5) is 39.5. The van der Waals surface area contributed by atoms with Gasteiger partial charge in [0, 0.05) is 11.1 Å². The van der Waals surface area contributed by atoms with Gasteiger partial charge in [-0.25, -0.2) is 4.79 Å². The van der Waals surface area contributed by atoms with Gasteiger partial charge < -0.3 is 14.8 Å². The third-order valence-electron chi connectivity index (χ3n) is 5.05. The van der Waals surface area contributed by atoms with Crippen LogP contribution in [0, 0.1) is 0 Å². The molecule has 1 aliphatic rings. The Morgan fingerprint density at radius 3 is 2.38 bits per heavy atom. The number of imide groups is 1. The number of carbonyl (C=O) groups excluding carboxylic acids is 3. The molecule has 0 unspecified atom stereocenters. The van der Waals surface area contributed by atoms with Crippen LogP contribution in [0.2, 0.25) is 5.02 Å². The molecule has 1 atom stereocenters. The van der Waals surface area contributed by atoms with Gasteiger partial charge in [0.2, 0.25) is 0 Å². The number of halogens is 1. The summed E-state index contributed by atoms with van der Waals surface area (Å²) in [5.74, 6) is -0.0637. The summed E-state index contributed by atoms with van der Waals surface area (Å²) in [6, 6.07) is 10.8. The molecule has 0 aliphatic carbocycles. The second-order valence-electron chi connectivity index (χ2n) is 6.58. The van der Waals surface area contributed by atoms with Crippen molar-refractivity contribution < 1.29 is 23.9 Å². The van der Waals surface area contributed by atoms with Crippen molar-refractivity contribution >= 4 is 29.3 Å². The van der Waals surface area contributed by atoms with Crippen LogP contribution in [0.15, 0.2) is 42.5 Å². The van der Waals surface area contributed by atoms with Crippen molar-refractivity contribution in [2.75, 3.05) is 20.8 Å².